The van der Waals surface area contributed by atoms with Crippen molar-refractivity contribution in [3.63, 3.8) is 0 Å². The number of rotatable bonds is 3. The van der Waals surface area contributed by atoms with Crippen molar-refractivity contribution in [3.8, 4) is 6.07 Å². The third kappa shape index (κ3) is 3.25. The fourth-order valence-corrected chi connectivity index (χ4v) is 9.18. The molecule has 0 aliphatic heterocycles. The van der Waals surface area contributed by atoms with E-state index in [1.165, 1.54) is 51.4 Å². The van der Waals surface area contributed by atoms with Gasteiger partial charge in [0.2, 0.25) is 0 Å². The summed E-state index contributed by atoms with van der Waals surface area (Å²) in [5.41, 5.74) is 1.21. The van der Waals surface area contributed by atoms with Gasteiger partial charge < -0.3 is 0 Å². The summed E-state index contributed by atoms with van der Waals surface area (Å²) in [4.78, 5) is 0. The Morgan fingerprint density at radius 2 is 1.90 bits per heavy atom. The molecule has 4 aliphatic carbocycles. The lowest BCUT2D eigenvalue weighted by atomic mass is 9.48. The van der Waals surface area contributed by atoms with Crippen LogP contribution in [-0.2, 0) is 6.54 Å². The van der Waals surface area contributed by atoms with Gasteiger partial charge in [-0.1, -0.05) is 27.7 Å². The van der Waals surface area contributed by atoms with Gasteiger partial charge in [-0.2, -0.15) is 10.4 Å². The molecular formula is C27H41N3. The second-order valence-corrected chi connectivity index (χ2v) is 12.1. The predicted molar refractivity (Wildman–Crippen MR) is 120 cm³/mol. The first-order chi connectivity index (χ1) is 14.4. The van der Waals surface area contributed by atoms with E-state index in [1.807, 2.05) is 10.9 Å². The van der Waals surface area contributed by atoms with E-state index in [0.29, 0.717) is 16.9 Å². The summed E-state index contributed by atoms with van der Waals surface area (Å²) < 4.78 is 2.02. The summed E-state index contributed by atoms with van der Waals surface area (Å²) >= 11 is 0. The van der Waals surface area contributed by atoms with Crippen molar-refractivity contribution < 1.29 is 0 Å². The number of nitrogens with zero attached hydrogens (tertiary/aromatic N) is 3. The topological polar surface area (TPSA) is 41.6 Å². The van der Waals surface area contributed by atoms with Gasteiger partial charge in [0.25, 0.3) is 0 Å². The molecule has 0 bridgehead atoms. The van der Waals surface area contributed by atoms with Crippen LogP contribution in [0.2, 0.25) is 0 Å². The number of nitriles is 1. The standard InChI is InChI=1S/C27H41N3/c1-17-11-21-5-6-23-22(24(21)12-18(17)2)9-10-27(4)25(7-8-26(23)27)19(3)15-30-16-20(13-28)14-29-30/h14,16-19,21-26H,5-12,15H2,1-4H3. The van der Waals surface area contributed by atoms with Gasteiger partial charge in [-0.3, -0.25) is 4.68 Å². The highest BCUT2D eigenvalue weighted by atomic mass is 15.3. The minimum Gasteiger partial charge on any atom is -0.271 e. The molecule has 0 saturated heterocycles. The zero-order chi connectivity index (χ0) is 21.0. The van der Waals surface area contributed by atoms with Crippen molar-refractivity contribution >= 4 is 0 Å². The molecule has 5 rings (SSSR count). The molecule has 30 heavy (non-hydrogen) atoms. The Labute approximate surface area is 183 Å². The third-order valence-corrected chi connectivity index (χ3v) is 10.8. The van der Waals surface area contributed by atoms with E-state index in [2.05, 4.69) is 38.9 Å². The molecule has 4 aliphatic rings. The van der Waals surface area contributed by atoms with Crippen LogP contribution in [-0.4, -0.2) is 9.78 Å². The van der Waals surface area contributed by atoms with Gasteiger partial charge >= 0.3 is 0 Å². The zero-order valence-electron chi connectivity index (χ0n) is 19.6. The number of fused-ring (bicyclic) bond motifs is 5. The first-order valence-corrected chi connectivity index (χ1v) is 12.8. The van der Waals surface area contributed by atoms with Crippen molar-refractivity contribution in [2.45, 2.75) is 85.6 Å². The normalized spacial score (nSPS) is 46.4. The molecule has 0 N–H and O–H groups in total. The summed E-state index contributed by atoms with van der Waals surface area (Å²) in [5.74, 6) is 8.35. The fourth-order valence-electron chi connectivity index (χ4n) is 9.18. The molecule has 164 valence electrons. The van der Waals surface area contributed by atoms with Crippen LogP contribution in [0.25, 0.3) is 0 Å². The summed E-state index contributed by atoms with van der Waals surface area (Å²) in [6.07, 6.45) is 15.5. The van der Waals surface area contributed by atoms with Crippen LogP contribution in [0.3, 0.4) is 0 Å². The van der Waals surface area contributed by atoms with Gasteiger partial charge in [0.15, 0.2) is 0 Å². The minimum atomic E-state index is 0.520. The molecule has 4 saturated carbocycles. The zero-order valence-corrected chi connectivity index (χ0v) is 19.6. The van der Waals surface area contributed by atoms with Gasteiger partial charge in [0.1, 0.15) is 6.07 Å². The van der Waals surface area contributed by atoms with Crippen LogP contribution in [0, 0.1) is 70.0 Å². The van der Waals surface area contributed by atoms with Crippen LogP contribution in [0.5, 0.6) is 0 Å². The maximum atomic E-state index is 9.11. The monoisotopic (exact) mass is 407 g/mol. The van der Waals surface area contributed by atoms with Crippen LogP contribution in [0.15, 0.2) is 12.4 Å². The lowest BCUT2D eigenvalue weighted by Crippen LogP contribution is -2.50. The lowest BCUT2D eigenvalue weighted by Gasteiger charge is -2.57. The van der Waals surface area contributed by atoms with Crippen molar-refractivity contribution in [1.29, 1.82) is 5.26 Å². The average Bonchev–Trinajstić information content (AvgIpc) is 3.32. The second kappa shape index (κ2) is 7.68. The Morgan fingerprint density at radius 3 is 2.67 bits per heavy atom. The summed E-state index contributed by atoms with van der Waals surface area (Å²) in [5, 5.41) is 13.6. The lowest BCUT2D eigenvalue weighted by molar-refractivity contribution is -0.0811. The predicted octanol–water partition coefficient (Wildman–Crippen LogP) is 6.54. The Morgan fingerprint density at radius 1 is 1.10 bits per heavy atom. The van der Waals surface area contributed by atoms with Gasteiger partial charge in [-0.15, -0.1) is 0 Å². The fraction of sp³-hybridized carbons (Fsp3) is 0.852. The van der Waals surface area contributed by atoms with E-state index in [9.17, 15) is 0 Å². The maximum absolute atomic E-state index is 9.11. The van der Waals surface area contributed by atoms with Crippen LogP contribution < -0.4 is 0 Å². The van der Waals surface area contributed by atoms with E-state index in [0.717, 1.165) is 53.9 Å². The Kier molecular flexibility index (Phi) is 5.27. The molecule has 3 nitrogen and oxygen atoms in total. The quantitative estimate of drug-likeness (QED) is 0.570. The van der Waals surface area contributed by atoms with E-state index >= 15 is 0 Å². The highest BCUT2D eigenvalue weighted by Crippen LogP contribution is 2.65. The van der Waals surface area contributed by atoms with Crippen molar-refractivity contribution in [1.82, 2.24) is 9.78 Å². The van der Waals surface area contributed by atoms with E-state index in [-0.39, 0.29) is 0 Å². The third-order valence-electron chi connectivity index (χ3n) is 10.8. The van der Waals surface area contributed by atoms with Crippen LogP contribution >= 0.6 is 0 Å². The first kappa shape index (κ1) is 20.6. The molecule has 1 aromatic heterocycles. The molecule has 1 aromatic rings. The smallest absolute Gasteiger partial charge is 0.102 e. The molecule has 4 fully saturated rings. The Bertz CT molecular complexity index is 805. The molecule has 10 unspecified atom stereocenters. The van der Waals surface area contributed by atoms with E-state index < -0.39 is 0 Å². The summed E-state index contributed by atoms with van der Waals surface area (Å²) in [6.45, 7) is 11.1. The number of hydrogen-bond acceptors (Lipinski definition) is 2. The van der Waals surface area contributed by atoms with Crippen molar-refractivity contribution in [2.24, 2.45) is 58.7 Å². The van der Waals surface area contributed by atoms with E-state index in [1.54, 1.807) is 6.20 Å². The molecule has 0 radical (unpaired) electrons. The second-order valence-electron chi connectivity index (χ2n) is 12.1. The minimum absolute atomic E-state index is 0.520. The molecular weight excluding hydrogens is 366 g/mol. The van der Waals surface area contributed by atoms with Crippen molar-refractivity contribution in [2.75, 3.05) is 0 Å². The molecule has 0 aromatic carbocycles. The van der Waals surface area contributed by atoms with E-state index in [4.69, 9.17) is 5.26 Å². The number of aromatic nitrogens is 2. The Balaban J connectivity index is 1.31. The summed E-state index contributed by atoms with van der Waals surface area (Å²) in [6, 6.07) is 2.22. The highest BCUT2D eigenvalue weighted by Gasteiger charge is 2.57. The average molecular weight is 408 g/mol. The highest BCUT2D eigenvalue weighted by molar-refractivity contribution is 5.21. The van der Waals surface area contributed by atoms with Gasteiger partial charge in [0.05, 0.1) is 11.8 Å². The first-order valence-electron chi connectivity index (χ1n) is 12.8. The Hall–Kier alpha value is -1.30. The van der Waals surface area contributed by atoms with Gasteiger partial charge in [-0.05, 0) is 110 Å². The summed E-state index contributed by atoms with van der Waals surface area (Å²) in [7, 11) is 0. The van der Waals surface area contributed by atoms with Gasteiger partial charge in [0, 0.05) is 12.7 Å². The van der Waals surface area contributed by atoms with Gasteiger partial charge in [-0.25, -0.2) is 0 Å². The SMILES string of the molecule is CC1CC2CCC3C(CCC4(C)C(C(C)Cn5cc(C#N)cn5)CCC34)C2CC1C. The van der Waals surface area contributed by atoms with Crippen LogP contribution in [0.4, 0.5) is 0 Å². The molecule has 0 amide bonds. The number of hydrogen-bond donors (Lipinski definition) is 0. The van der Waals surface area contributed by atoms with Crippen LogP contribution in [0.1, 0.15) is 84.6 Å². The molecule has 10 atom stereocenters. The molecule has 1 heterocycles. The molecule has 0 spiro atoms. The largest absolute Gasteiger partial charge is 0.271 e. The molecule has 3 heteroatoms. The van der Waals surface area contributed by atoms with Crippen molar-refractivity contribution in [3.05, 3.63) is 18.0 Å². The maximum Gasteiger partial charge on any atom is 0.102 e.